The molecule has 1 heterocycles. The smallest absolute Gasteiger partial charge is 0.267 e. The monoisotopic (exact) mass is 309 g/mol. The summed E-state index contributed by atoms with van der Waals surface area (Å²) in [4.78, 5) is 14.9. The van der Waals surface area contributed by atoms with Gasteiger partial charge in [-0.15, -0.1) is 0 Å². The molecule has 1 amide bonds. The summed E-state index contributed by atoms with van der Waals surface area (Å²) < 4.78 is 11.6. The van der Waals surface area contributed by atoms with Crippen molar-refractivity contribution < 1.29 is 14.3 Å². The van der Waals surface area contributed by atoms with E-state index in [-0.39, 0.29) is 12.5 Å². The summed E-state index contributed by atoms with van der Waals surface area (Å²) in [6.45, 7) is 0.902. The van der Waals surface area contributed by atoms with Gasteiger partial charge in [0.1, 0.15) is 6.61 Å². The molecule has 0 aromatic heterocycles. The van der Waals surface area contributed by atoms with E-state index in [1.54, 1.807) is 0 Å². The van der Waals surface area contributed by atoms with E-state index in [9.17, 15) is 4.79 Å². The van der Waals surface area contributed by atoms with Crippen molar-refractivity contribution in [2.45, 2.75) is 31.5 Å². The molecule has 4 heteroatoms. The molecule has 0 N–H and O–H groups in total. The molecule has 0 unspecified atom stereocenters. The summed E-state index contributed by atoms with van der Waals surface area (Å²) in [5.74, 6) is 1.37. The van der Waals surface area contributed by atoms with Gasteiger partial charge in [-0.05, 0) is 30.5 Å². The number of para-hydroxylation sites is 2. The molecule has 0 spiro atoms. The van der Waals surface area contributed by atoms with Crippen LogP contribution in [0.1, 0.15) is 18.4 Å². The number of carbonyl (C=O) groups is 1. The molecule has 2 aromatic carbocycles. The van der Waals surface area contributed by atoms with E-state index in [1.165, 1.54) is 0 Å². The third-order valence-electron chi connectivity index (χ3n) is 4.25. The van der Waals surface area contributed by atoms with Gasteiger partial charge in [-0.1, -0.05) is 42.5 Å². The first kappa shape index (κ1) is 14.1. The van der Waals surface area contributed by atoms with Crippen LogP contribution in [-0.2, 0) is 11.3 Å². The second-order valence-electron chi connectivity index (χ2n) is 6.05. The largest absolute Gasteiger partial charge is 0.485 e. The highest BCUT2D eigenvalue weighted by Gasteiger charge is 2.38. The molecular formula is C19H19NO3. The lowest BCUT2D eigenvalue weighted by molar-refractivity contribution is -0.142. The van der Waals surface area contributed by atoms with Crippen LogP contribution in [0.5, 0.6) is 11.5 Å². The lowest BCUT2D eigenvalue weighted by Gasteiger charge is -2.31. The molecule has 1 aliphatic heterocycles. The van der Waals surface area contributed by atoms with Gasteiger partial charge in [-0.2, -0.15) is 0 Å². The highest BCUT2D eigenvalue weighted by Crippen LogP contribution is 2.33. The van der Waals surface area contributed by atoms with Crippen molar-refractivity contribution in [2.24, 2.45) is 0 Å². The minimum absolute atomic E-state index is 0.0193. The highest BCUT2D eigenvalue weighted by atomic mass is 16.6. The summed E-state index contributed by atoms with van der Waals surface area (Å²) >= 11 is 0. The van der Waals surface area contributed by atoms with E-state index in [4.69, 9.17) is 9.47 Å². The second kappa shape index (κ2) is 5.95. The van der Waals surface area contributed by atoms with Gasteiger partial charge in [0.15, 0.2) is 11.5 Å². The number of benzene rings is 2. The maximum Gasteiger partial charge on any atom is 0.267 e. The van der Waals surface area contributed by atoms with Gasteiger partial charge >= 0.3 is 0 Å². The molecule has 2 aromatic rings. The third-order valence-corrected chi connectivity index (χ3v) is 4.25. The Morgan fingerprint density at radius 2 is 1.70 bits per heavy atom. The zero-order valence-electron chi connectivity index (χ0n) is 12.9. The second-order valence-corrected chi connectivity index (χ2v) is 6.05. The molecule has 4 rings (SSSR count). The zero-order valence-corrected chi connectivity index (χ0v) is 12.9. The number of carbonyl (C=O) groups excluding carboxylic acids is 1. The molecule has 2 aliphatic rings. The summed E-state index contributed by atoms with van der Waals surface area (Å²) in [5.41, 5.74) is 1.14. The molecule has 0 saturated heterocycles. The van der Waals surface area contributed by atoms with Crippen LogP contribution in [0, 0.1) is 0 Å². The van der Waals surface area contributed by atoms with Crippen molar-refractivity contribution in [3.63, 3.8) is 0 Å². The first-order valence-corrected chi connectivity index (χ1v) is 8.04. The van der Waals surface area contributed by atoms with Crippen LogP contribution in [0.25, 0.3) is 0 Å². The number of hydrogen-bond donors (Lipinski definition) is 0. The van der Waals surface area contributed by atoms with Crippen molar-refractivity contribution in [1.29, 1.82) is 0 Å². The summed E-state index contributed by atoms with van der Waals surface area (Å²) in [6, 6.07) is 17.9. The van der Waals surface area contributed by atoms with Gasteiger partial charge in [0, 0.05) is 12.6 Å². The fraction of sp³-hybridized carbons (Fsp3) is 0.316. The van der Waals surface area contributed by atoms with Crippen LogP contribution in [0.4, 0.5) is 0 Å². The number of ether oxygens (including phenoxy) is 2. The first-order chi connectivity index (χ1) is 11.3. The van der Waals surface area contributed by atoms with Gasteiger partial charge in [0.05, 0.1) is 0 Å². The molecule has 118 valence electrons. The van der Waals surface area contributed by atoms with Crippen molar-refractivity contribution in [3.8, 4) is 11.5 Å². The lowest BCUT2D eigenvalue weighted by Crippen LogP contribution is -2.47. The Morgan fingerprint density at radius 1 is 1.00 bits per heavy atom. The normalized spacial score (nSPS) is 19.2. The summed E-state index contributed by atoms with van der Waals surface area (Å²) in [5, 5.41) is 0. The average molecular weight is 309 g/mol. The minimum atomic E-state index is -0.561. The third kappa shape index (κ3) is 3.02. The molecule has 1 fully saturated rings. The van der Waals surface area contributed by atoms with Gasteiger partial charge in [-0.3, -0.25) is 4.79 Å². The molecule has 23 heavy (non-hydrogen) atoms. The van der Waals surface area contributed by atoms with Crippen molar-refractivity contribution >= 4 is 5.91 Å². The zero-order chi connectivity index (χ0) is 15.6. The summed E-state index contributed by atoms with van der Waals surface area (Å²) in [6.07, 6.45) is 1.58. The van der Waals surface area contributed by atoms with E-state index in [1.807, 2.05) is 47.4 Å². The Bertz CT molecular complexity index is 697. The molecule has 1 atom stereocenters. The Hall–Kier alpha value is -2.49. The Balaban J connectivity index is 1.50. The lowest BCUT2D eigenvalue weighted by atomic mass is 10.2. The van der Waals surface area contributed by atoms with E-state index >= 15 is 0 Å². The van der Waals surface area contributed by atoms with Gasteiger partial charge < -0.3 is 14.4 Å². The predicted octanol–water partition coefficient (Wildman–Crippen LogP) is 3.02. The van der Waals surface area contributed by atoms with Crippen LogP contribution >= 0.6 is 0 Å². The van der Waals surface area contributed by atoms with Crippen LogP contribution < -0.4 is 9.47 Å². The Labute approximate surface area is 135 Å². The minimum Gasteiger partial charge on any atom is -0.485 e. The maximum absolute atomic E-state index is 12.9. The molecule has 4 nitrogen and oxygen atoms in total. The Kier molecular flexibility index (Phi) is 3.66. The van der Waals surface area contributed by atoms with Crippen LogP contribution in [0.15, 0.2) is 54.6 Å². The maximum atomic E-state index is 12.9. The van der Waals surface area contributed by atoms with Gasteiger partial charge in [0.25, 0.3) is 5.91 Å². The number of nitrogens with zero attached hydrogens (tertiary/aromatic N) is 1. The summed E-state index contributed by atoms with van der Waals surface area (Å²) in [7, 11) is 0. The van der Waals surface area contributed by atoms with Crippen molar-refractivity contribution in [1.82, 2.24) is 4.90 Å². The molecule has 1 saturated carbocycles. The first-order valence-electron chi connectivity index (χ1n) is 8.04. The number of fused-ring (bicyclic) bond motifs is 1. The average Bonchev–Trinajstić information content (AvgIpc) is 3.44. The topological polar surface area (TPSA) is 38.8 Å². The van der Waals surface area contributed by atoms with Crippen molar-refractivity contribution in [3.05, 3.63) is 60.2 Å². The quantitative estimate of drug-likeness (QED) is 0.871. The molecular weight excluding hydrogens is 290 g/mol. The van der Waals surface area contributed by atoms with Crippen LogP contribution in [0.2, 0.25) is 0 Å². The van der Waals surface area contributed by atoms with E-state index in [2.05, 4.69) is 12.1 Å². The van der Waals surface area contributed by atoms with Gasteiger partial charge in [-0.25, -0.2) is 0 Å². The number of hydrogen-bond acceptors (Lipinski definition) is 3. The van der Waals surface area contributed by atoms with Crippen LogP contribution in [-0.4, -0.2) is 29.6 Å². The Morgan fingerprint density at radius 3 is 2.43 bits per heavy atom. The van der Waals surface area contributed by atoms with Crippen molar-refractivity contribution in [2.75, 3.05) is 6.61 Å². The highest BCUT2D eigenvalue weighted by molar-refractivity contribution is 5.82. The van der Waals surface area contributed by atoms with E-state index < -0.39 is 6.10 Å². The number of amides is 1. The molecule has 1 aliphatic carbocycles. The fourth-order valence-corrected chi connectivity index (χ4v) is 2.88. The SMILES string of the molecule is O=C([C@H]1COc2ccccc2O1)N(Cc1ccccc1)C1CC1. The fourth-order valence-electron chi connectivity index (χ4n) is 2.88. The molecule has 0 bridgehead atoms. The van der Waals surface area contributed by atoms with Gasteiger partial charge in [0.2, 0.25) is 6.10 Å². The van der Waals surface area contributed by atoms with Crippen LogP contribution in [0.3, 0.4) is 0 Å². The standard InChI is InChI=1S/C19H19NO3/c21-19(18-13-22-16-8-4-5-9-17(16)23-18)20(15-10-11-15)12-14-6-2-1-3-7-14/h1-9,15,18H,10-13H2/t18-/m1/s1. The number of rotatable bonds is 4. The predicted molar refractivity (Wildman–Crippen MR) is 86.4 cm³/mol. The van der Waals surface area contributed by atoms with E-state index in [0.29, 0.717) is 24.1 Å². The van der Waals surface area contributed by atoms with E-state index in [0.717, 1.165) is 18.4 Å². The molecule has 0 radical (unpaired) electrons.